The van der Waals surface area contributed by atoms with Crippen LogP contribution >= 0.6 is 0 Å². The van der Waals surface area contributed by atoms with Crippen molar-refractivity contribution < 1.29 is 4.39 Å². The van der Waals surface area contributed by atoms with Gasteiger partial charge in [-0.2, -0.15) is 0 Å². The van der Waals surface area contributed by atoms with Crippen LogP contribution in [0.1, 0.15) is 50.3 Å². The first-order chi connectivity index (χ1) is 8.45. The topological polar surface area (TPSA) is 12.0 Å². The molecule has 1 aliphatic rings. The van der Waals surface area contributed by atoms with E-state index in [9.17, 15) is 4.39 Å². The summed E-state index contributed by atoms with van der Waals surface area (Å²) >= 11 is 0. The Morgan fingerprint density at radius 3 is 2.67 bits per heavy atom. The predicted octanol–water partition coefficient (Wildman–Crippen LogP) is 4.22. The molecule has 2 atom stereocenters. The fourth-order valence-corrected chi connectivity index (χ4v) is 3.49. The Balaban J connectivity index is 2.36. The molecular formula is C16H24FN. The third-order valence-corrected chi connectivity index (χ3v) is 4.63. The molecule has 0 amide bonds. The first-order valence-electron chi connectivity index (χ1n) is 6.89. The standard InChI is InChI=1S/C16H24FN/c1-11-7-8-12(17)10-13(11)15(18-4)14-6-5-9-16(14,2)3/h7-8,10,14-15,18H,5-6,9H2,1-4H3. The molecule has 1 nitrogen and oxygen atoms in total. The Morgan fingerprint density at radius 1 is 1.39 bits per heavy atom. The molecule has 2 rings (SSSR count). The zero-order chi connectivity index (χ0) is 13.3. The number of halogens is 1. The first kappa shape index (κ1) is 13.5. The quantitative estimate of drug-likeness (QED) is 0.845. The second-order valence-corrected chi connectivity index (χ2v) is 6.25. The number of nitrogens with one attached hydrogen (secondary N) is 1. The van der Waals surface area contributed by atoms with Gasteiger partial charge in [0.2, 0.25) is 0 Å². The molecule has 0 radical (unpaired) electrons. The molecule has 0 bridgehead atoms. The molecule has 2 heteroatoms. The van der Waals surface area contributed by atoms with Crippen LogP contribution in [0.15, 0.2) is 18.2 Å². The van der Waals surface area contributed by atoms with Crippen LogP contribution in [-0.4, -0.2) is 7.05 Å². The Kier molecular flexibility index (Phi) is 3.76. The highest BCUT2D eigenvalue weighted by Gasteiger charge is 2.39. The van der Waals surface area contributed by atoms with Gasteiger partial charge in [-0.1, -0.05) is 26.3 Å². The van der Waals surface area contributed by atoms with E-state index in [0.717, 1.165) is 5.56 Å². The van der Waals surface area contributed by atoms with Gasteiger partial charge in [-0.3, -0.25) is 0 Å². The highest BCUT2D eigenvalue weighted by atomic mass is 19.1. The Morgan fingerprint density at radius 2 is 2.11 bits per heavy atom. The van der Waals surface area contributed by atoms with E-state index in [2.05, 4.69) is 26.1 Å². The minimum absolute atomic E-state index is 0.133. The SMILES string of the molecule is CNC(c1cc(F)ccc1C)C1CCCC1(C)C. The van der Waals surface area contributed by atoms with Crippen molar-refractivity contribution in [2.75, 3.05) is 7.05 Å². The minimum Gasteiger partial charge on any atom is -0.313 e. The molecule has 0 aromatic heterocycles. The third-order valence-electron chi connectivity index (χ3n) is 4.63. The van der Waals surface area contributed by atoms with Crippen molar-refractivity contribution in [3.8, 4) is 0 Å². The van der Waals surface area contributed by atoms with Crippen molar-refractivity contribution >= 4 is 0 Å². The Labute approximate surface area is 110 Å². The third kappa shape index (κ3) is 2.44. The minimum atomic E-state index is -0.133. The maximum atomic E-state index is 13.5. The molecule has 1 fully saturated rings. The van der Waals surface area contributed by atoms with E-state index < -0.39 is 0 Å². The summed E-state index contributed by atoms with van der Waals surface area (Å²) in [5, 5.41) is 3.42. The lowest BCUT2D eigenvalue weighted by molar-refractivity contribution is 0.203. The number of hydrogen-bond donors (Lipinski definition) is 1. The average molecular weight is 249 g/mol. The smallest absolute Gasteiger partial charge is 0.123 e. The molecule has 1 saturated carbocycles. The van der Waals surface area contributed by atoms with Crippen LogP contribution in [0.25, 0.3) is 0 Å². The summed E-state index contributed by atoms with van der Waals surface area (Å²) < 4.78 is 13.5. The van der Waals surface area contributed by atoms with Crippen molar-refractivity contribution in [1.82, 2.24) is 5.32 Å². The van der Waals surface area contributed by atoms with E-state index in [1.54, 1.807) is 12.1 Å². The molecule has 100 valence electrons. The second-order valence-electron chi connectivity index (χ2n) is 6.25. The van der Waals surface area contributed by atoms with Crippen molar-refractivity contribution in [3.63, 3.8) is 0 Å². The molecule has 0 aliphatic heterocycles. The van der Waals surface area contributed by atoms with Gasteiger partial charge in [0.25, 0.3) is 0 Å². The molecule has 18 heavy (non-hydrogen) atoms. The molecular weight excluding hydrogens is 225 g/mol. The van der Waals surface area contributed by atoms with E-state index in [-0.39, 0.29) is 11.9 Å². The van der Waals surface area contributed by atoms with Gasteiger partial charge >= 0.3 is 0 Å². The normalized spacial score (nSPS) is 24.2. The lowest BCUT2D eigenvalue weighted by atomic mass is 9.75. The maximum absolute atomic E-state index is 13.5. The molecule has 1 aromatic rings. The largest absolute Gasteiger partial charge is 0.313 e. The van der Waals surface area contributed by atoms with E-state index in [4.69, 9.17) is 0 Å². The maximum Gasteiger partial charge on any atom is 0.123 e. The Bertz CT molecular complexity index is 425. The van der Waals surface area contributed by atoms with Crippen LogP contribution in [0.3, 0.4) is 0 Å². The summed E-state index contributed by atoms with van der Waals surface area (Å²) in [6.45, 7) is 6.74. The molecule has 0 spiro atoms. The fourth-order valence-electron chi connectivity index (χ4n) is 3.49. The zero-order valence-electron chi connectivity index (χ0n) is 11.9. The monoisotopic (exact) mass is 249 g/mol. The van der Waals surface area contributed by atoms with Gasteiger partial charge in [0.1, 0.15) is 5.82 Å². The first-order valence-corrected chi connectivity index (χ1v) is 6.89. The van der Waals surface area contributed by atoms with Crippen molar-refractivity contribution in [2.24, 2.45) is 11.3 Å². The van der Waals surface area contributed by atoms with Crippen LogP contribution in [0.5, 0.6) is 0 Å². The summed E-state index contributed by atoms with van der Waals surface area (Å²) in [5.41, 5.74) is 2.64. The number of hydrogen-bond acceptors (Lipinski definition) is 1. The number of benzene rings is 1. The summed E-state index contributed by atoms with van der Waals surface area (Å²) in [6.07, 6.45) is 3.78. The average Bonchev–Trinajstić information content (AvgIpc) is 2.65. The highest BCUT2D eigenvalue weighted by molar-refractivity contribution is 5.30. The van der Waals surface area contributed by atoms with Gasteiger partial charge in [-0.25, -0.2) is 4.39 Å². The van der Waals surface area contributed by atoms with Crippen LogP contribution in [0.2, 0.25) is 0 Å². The van der Waals surface area contributed by atoms with Crippen LogP contribution in [0.4, 0.5) is 4.39 Å². The van der Waals surface area contributed by atoms with E-state index in [1.807, 2.05) is 13.1 Å². The van der Waals surface area contributed by atoms with Crippen LogP contribution in [-0.2, 0) is 0 Å². The lowest BCUT2D eigenvalue weighted by Crippen LogP contribution is -2.32. The highest BCUT2D eigenvalue weighted by Crippen LogP contribution is 2.49. The van der Waals surface area contributed by atoms with Gasteiger partial charge in [-0.15, -0.1) is 0 Å². The molecule has 0 heterocycles. The zero-order valence-corrected chi connectivity index (χ0v) is 11.9. The summed E-state index contributed by atoms with van der Waals surface area (Å²) in [6, 6.07) is 5.39. The lowest BCUT2D eigenvalue weighted by Gasteiger charge is -2.35. The van der Waals surface area contributed by atoms with Crippen LogP contribution < -0.4 is 5.32 Å². The molecule has 0 saturated heterocycles. The van der Waals surface area contributed by atoms with Gasteiger partial charge in [0.05, 0.1) is 0 Å². The van der Waals surface area contributed by atoms with Crippen LogP contribution in [0, 0.1) is 24.1 Å². The number of aryl methyl sites for hydroxylation is 1. The number of rotatable bonds is 3. The second kappa shape index (κ2) is 5.00. The van der Waals surface area contributed by atoms with Gasteiger partial charge < -0.3 is 5.32 Å². The van der Waals surface area contributed by atoms with E-state index >= 15 is 0 Å². The summed E-state index contributed by atoms with van der Waals surface area (Å²) in [7, 11) is 1.99. The molecule has 1 aromatic carbocycles. The molecule has 1 N–H and O–H groups in total. The van der Waals surface area contributed by atoms with Gasteiger partial charge in [-0.05, 0) is 61.4 Å². The van der Waals surface area contributed by atoms with E-state index in [1.165, 1.54) is 24.8 Å². The Hall–Kier alpha value is -0.890. The predicted molar refractivity (Wildman–Crippen MR) is 74.1 cm³/mol. The van der Waals surface area contributed by atoms with Gasteiger partial charge in [0, 0.05) is 6.04 Å². The fraction of sp³-hybridized carbons (Fsp3) is 0.625. The molecule has 2 unspecified atom stereocenters. The molecule has 1 aliphatic carbocycles. The van der Waals surface area contributed by atoms with Crippen molar-refractivity contribution in [1.29, 1.82) is 0 Å². The van der Waals surface area contributed by atoms with Crippen molar-refractivity contribution in [3.05, 3.63) is 35.1 Å². The summed E-state index contributed by atoms with van der Waals surface area (Å²) in [4.78, 5) is 0. The summed E-state index contributed by atoms with van der Waals surface area (Å²) in [5.74, 6) is 0.453. The van der Waals surface area contributed by atoms with Crippen molar-refractivity contribution in [2.45, 2.75) is 46.1 Å². The van der Waals surface area contributed by atoms with Gasteiger partial charge in [0.15, 0.2) is 0 Å². The van der Waals surface area contributed by atoms with E-state index in [0.29, 0.717) is 11.3 Å².